The molecule has 160 valence electrons. The maximum Gasteiger partial charge on any atom is 0.264 e. The lowest BCUT2D eigenvalue weighted by molar-refractivity contribution is 0.0980. The van der Waals surface area contributed by atoms with Gasteiger partial charge in [0.25, 0.3) is 5.91 Å². The van der Waals surface area contributed by atoms with Gasteiger partial charge in [-0.3, -0.25) is 9.69 Å². The average Bonchev–Trinajstić information content (AvgIpc) is 3.50. The lowest BCUT2D eigenvalue weighted by Crippen LogP contribution is -2.30. The number of amides is 1. The molecule has 0 aliphatic heterocycles. The molecule has 2 heterocycles. The van der Waals surface area contributed by atoms with Crippen LogP contribution in [0.5, 0.6) is 11.5 Å². The summed E-state index contributed by atoms with van der Waals surface area (Å²) in [5.41, 5.74) is 1.24. The van der Waals surface area contributed by atoms with Crippen molar-refractivity contribution in [3.8, 4) is 11.5 Å². The van der Waals surface area contributed by atoms with Gasteiger partial charge in [-0.25, -0.2) is 4.98 Å². The van der Waals surface area contributed by atoms with Crippen molar-refractivity contribution in [2.45, 2.75) is 6.54 Å². The van der Waals surface area contributed by atoms with Gasteiger partial charge in [0.1, 0.15) is 17.3 Å². The van der Waals surface area contributed by atoms with Crippen molar-refractivity contribution in [2.75, 3.05) is 19.1 Å². The van der Waals surface area contributed by atoms with E-state index in [0.29, 0.717) is 22.2 Å². The number of methoxy groups -OCH3 is 2. The summed E-state index contributed by atoms with van der Waals surface area (Å²) in [6, 6.07) is 21.0. The van der Waals surface area contributed by atoms with E-state index in [4.69, 9.17) is 18.9 Å². The molecular formula is C25H20N2O4S. The minimum absolute atomic E-state index is 0.213. The quantitative estimate of drug-likeness (QED) is 0.326. The Morgan fingerprint density at radius 1 is 1.00 bits per heavy atom. The molecule has 0 N–H and O–H groups in total. The largest absolute Gasteiger partial charge is 0.497 e. The second-order valence-electron chi connectivity index (χ2n) is 7.20. The fourth-order valence-electron chi connectivity index (χ4n) is 3.62. The van der Waals surface area contributed by atoms with E-state index in [9.17, 15) is 4.79 Å². The van der Waals surface area contributed by atoms with Crippen molar-refractivity contribution in [2.24, 2.45) is 0 Å². The third-order valence-electron chi connectivity index (χ3n) is 5.25. The summed E-state index contributed by atoms with van der Waals surface area (Å²) in [4.78, 5) is 20.2. The van der Waals surface area contributed by atoms with Crippen LogP contribution >= 0.6 is 11.3 Å². The number of thiazole rings is 1. The molecule has 0 spiro atoms. The molecule has 0 radical (unpaired) electrons. The number of carbonyl (C=O) groups excluding carboxylic acids is 1. The van der Waals surface area contributed by atoms with Crippen molar-refractivity contribution >= 4 is 43.4 Å². The molecule has 2 aromatic heterocycles. The van der Waals surface area contributed by atoms with E-state index in [1.165, 1.54) is 11.3 Å². The Morgan fingerprint density at radius 3 is 2.53 bits per heavy atom. The Kier molecular flexibility index (Phi) is 5.25. The highest BCUT2D eigenvalue weighted by Crippen LogP contribution is 2.35. The molecule has 5 aromatic rings. The Hall–Kier alpha value is -3.84. The van der Waals surface area contributed by atoms with Crippen LogP contribution in [0, 0.1) is 0 Å². The summed E-state index contributed by atoms with van der Waals surface area (Å²) in [6.07, 6.45) is 1.60. The number of hydrogen-bond acceptors (Lipinski definition) is 6. The number of furan rings is 1. The maximum atomic E-state index is 13.8. The molecule has 0 saturated carbocycles. The van der Waals surface area contributed by atoms with Crippen LogP contribution in [0.15, 0.2) is 77.4 Å². The van der Waals surface area contributed by atoms with Crippen LogP contribution < -0.4 is 14.4 Å². The van der Waals surface area contributed by atoms with Gasteiger partial charge in [0.05, 0.1) is 42.8 Å². The SMILES string of the molecule is COc1ccc2sc(N(Cc3ccco3)C(=O)c3cc4ccccc4cc3OC)nc2c1. The van der Waals surface area contributed by atoms with Crippen LogP contribution in [0.25, 0.3) is 21.0 Å². The minimum Gasteiger partial charge on any atom is -0.497 e. The summed E-state index contributed by atoms with van der Waals surface area (Å²) in [7, 11) is 3.19. The van der Waals surface area contributed by atoms with Crippen LogP contribution in [0.4, 0.5) is 5.13 Å². The maximum absolute atomic E-state index is 13.8. The normalized spacial score (nSPS) is 11.1. The molecular weight excluding hydrogens is 424 g/mol. The zero-order chi connectivity index (χ0) is 22.1. The summed E-state index contributed by atoms with van der Waals surface area (Å²) >= 11 is 1.44. The number of hydrogen-bond donors (Lipinski definition) is 0. The Balaban J connectivity index is 1.62. The van der Waals surface area contributed by atoms with Gasteiger partial charge < -0.3 is 13.9 Å². The number of benzene rings is 3. The first-order valence-electron chi connectivity index (χ1n) is 10.0. The smallest absolute Gasteiger partial charge is 0.264 e. The van der Waals surface area contributed by atoms with Crippen LogP contribution in [-0.2, 0) is 6.54 Å². The van der Waals surface area contributed by atoms with Crippen molar-refractivity contribution in [3.63, 3.8) is 0 Å². The minimum atomic E-state index is -0.213. The molecule has 0 aliphatic carbocycles. The number of nitrogens with zero attached hydrogens (tertiary/aromatic N) is 2. The number of aromatic nitrogens is 1. The Bertz CT molecular complexity index is 1410. The van der Waals surface area contributed by atoms with E-state index in [-0.39, 0.29) is 12.5 Å². The average molecular weight is 445 g/mol. The van der Waals surface area contributed by atoms with Gasteiger partial charge in [-0.15, -0.1) is 0 Å². The molecule has 0 atom stereocenters. The van der Waals surface area contributed by atoms with Crippen molar-refractivity contribution < 1.29 is 18.7 Å². The van der Waals surface area contributed by atoms with Crippen LogP contribution in [0.2, 0.25) is 0 Å². The second-order valence-corrected chi connectivity index (χ2v) is 8.21. The van der Waals surface area contributed by atoms with Crippen molar-refractivity contribution in [3.05, 3.63) is 84.3 Å². The van der Waals surface area contributed by atoms with E-state index in [1.54, 1.807) is 31.4 Å². The first-order valence-corrected chi connectivity index (χ1v) is 10.8. The van der Waals surface area contributed by atoms with Crippen LogP contribution in [-0.4, -0.2) is 25.1 Å². The van der Waals surface area contributed by atoms with E-state index in [1.807, 2.05) is 60.7 Å². The van der Waals surface area contributed by atoms with Gasteiger partial charge in [0.2, 0.25) is 0 Å². The number of ether oxygens (including phenoxy) is 2. The number of fused-ring (bicyclic) bond motifs is 2. The number of anilines is 1. The fourth-order valence-corrected chi connectivity index (χ4v) is 4.57. The molecule has 6 nitrogen and oxygen atoms in total. The van der Waals surface area contributed by atoms with Gasteiger partial charge >= 0.3 is 0 Å². The highest BCUT2D eigenvalue weighted by atomic mass is 32.1. The van der Waals surface area contributed by atoms with Gasteiger partial charge in [-0.2, -0.15) is 0 Å². The fraction of sp³-hybridized carbons (Fsp3) is 0.120. The molecule has 0 aliphatic rings. The molecule has 1 amide bonds. The molecule has 7 heteroatoms. The number of carbonyl (C=O) groups is 1. The molecule has 0 bridgehead atoms. The standard InChI is InChI=1S/C25H20N2O4S/c1-29-18-9-10-23-21(14-18)26-25(32-23)27(15-19-8-5-11-31-19)24(28)20-12-16-6-3-4-7-17(16)13-22(20)30-2/h3-14H,15H2,1-2H3. The molecule has 0 saturated heterocycles. The summed E-state index contributed by atoms with van der Waals surface area (Å²) in [5.74, 6) is 1.68. The predicted molar refractivity (Wildman–Crippen MR) is 126 cm³/mol. The van der Waals surface area contributed by atoms with Gasteiger partial charge in [-0.1, -0.05) is 35.6 Å². The summed E-state index contributed by atoms with van der Waals surface area (Å²) < 4.78 is 17.4. The van der Waals surface area contributed by atoms with Crippen molar-refractivity contribution in [1.29, 1.82) is 0 Å². The molecule has 5 rings (SSSR count). The predicted octanol–water partition coefficient (Wildman–Crippen LogP) is 5.91. The highest BCUT2D eigenvalue weighted by molar-refractivity contribution is 7.22. The summed E-state index contributed by atoms with van der Waals surface area (Å²) in [6.45, 7) is 0.249. The zero-order valence-corrected chi connectivity index (χ0v) is 18.4. The number of rotatable bonds is 6. The molecule has 3 aromatic carbocycles. The first-order chi connectivity index (χ1) is 15.7. The van der Waals surface area contributed by atoms with Crippen LogP contribution in [0.1, 0.15) is 16.1 Å². The Labute approximate surface area is 188 Å². The lowest BCUT2D eigenvalue weighted by atomic mass is 10.0. The molecule has 0 unspecified atom stereocenters. The third-order valence-corrected chi connectivity index (χ3v) is 6.31. The third kappa shape index (κ3) is 3.67. The van der Waals surface area contributed by atoms with E-state index in [2.05, 4.69) is 0 Å². The first kappa shape index (κ1) is 20.1. The molecule has 0 fully saturated rings. The topological polar surface area (TPSA) is 64.8 Å². The monoisotopic (exact) mass is 444 g/mol. The van der Waals surface area contributed by atoms with Crippen LogP contribution in [0.3, 0.4) is 0 Å². The van der Waals surface area contributed by atoms with Crippen molar-refractivity contribution in [1.82, 2.24) is 4.98 Å². The Morgan fingerprint density at radius 2 is 1.81 bits per heavy atom. The van der Waals surface area contributed by atoms with E-state index in [0.717, 1.165) is 26.7 Å². The molecule has 32 heavy (non-hydrogen) atoms. The summed E-state index contributed by atoms with van der Waals surface area (Å²) in [5, 5.41) is 2.54. The lowest BCUT2D eigenvalue weighted by Gasteiger charge is -2.20. The highest BCUT2D eigenvalue weighted by Gasteiger charge is 2.26. The zero-order valence-electron chi connectivity index (χ0n) is 17.6. The van der Waals surface area contributed by atoms with E-state index < -0.39 is 0 Å². The van der Waals surface area contributed by atoms with E-state index >= 15 is 0 Å². The van der Waals surface area contributed by atoms with Gasteiger partial charge in [0, 0.05) is 6.07 Å². The second kappa shape index (κ2) is 8.36. The van der Waals surface area contributed by atoms with Gasteiger partial charge in [-0.05, 0) is 47.2 Å². The van der Waals surface area contributed by atoms with Gasteiger partial charge in [0.15, 0.2) is 5.13 Å².